The molecule has 0 aromatic heterocycles. The first-order valence-electron chi connectivity index (χ1n) is 5.60. The number of carbonyl (C=O) groups is 1. The van der Waals surface area contributed by atoms with Gasteiger partial charge in [0.15, 0.2) is 0 Å². The number of carbonyl (C=O) groups excluding carboxylic acids is 1. The van der Waals surface area contributed by atoms with E-state index in [0.29, 0.717) is 23.0 Å². The highest BCUT2D eigenvalue weighted by atomic mass is 79.9. The van der Waals surface area contributed by atoms with E-state index in [0.717, 1.165) is 5.56 Å². The van der Waals surface area contributed by atoms with Gasteiger partial charge in [0, 0.05) is 11.4 Å². The topological polar surface area (TPSA) is 29.1 Å². The Hall–Kier alpha value is -0.540. The molecule has 1 aromatic carbocycles. The largest absolute Gasteiger partial charge is 0.351 e. The second-order valence-electron chi connectivity index (χ2n) is 4.45. The van der Waals surface area contributed by atoms with Crippen molar-refractivity contribution in [3.8, 4) is 0 Å². The lowest BCUT2D eigenvalue weighted by molar-refractivity contribution is 0.0953. The molecule has 1 unspecified atom stereocenters. The van der Waals surface area contributed by atoms with E-state index in [2.05, 4.69) is 35.1 Å². The Morgan fingerprint density at radius 2 is 2.12 bits per heavy atom. The minimum Gasteiger partial charge on any atom is -0.351 e. The van der Waals surface area contributed by atoms with Crippen LogP contribution in [0.2, 0.25) is 5.02 Å². The molecule has 0 saturated carbocycles. The molecule has 94 valence electrons. The van der Waals surface area contributed by atoms with Gasteiger partial charge in [0.25, 0.3) is 5.91 Å². The summed E-state index contributed by atoms with van der Waals surface area (Å²) in [6, 6.07) is 5.44. The maximum atomic E-state index is 11.9. The van der Waals surface area contributed by atoms with Gasteiger partial charge in [0.2, 0.25) is 0 Å². The van der Waals surface area contributed by atoms with E-state index >= 15 is 0 Å². The van der Waals surface area contributed by atoms with Crippen molar-refractivity contribution in [2.45, 2.75) is 25.6 Å². The van der Waals surface area contributed by atoms with Gasteiger partial charge in [-0.2, -0.15) is 0 Å². The van der Waals surface area contributed by atoms with Crippen molar-refractivity contribution in [2.75, 3.05) is 6.54 Å². The van der Waals surface area contributed by atoms with Crippen LogP contribution in [0.4, 0.5) is 0 Å². The van der Waals surface area contributed by atoms with Crippen LogP contribution < -0.4 is 5.32 Å². The van der Waals surface area contributed by atoms with Crippen LogP contribution in [0.15, 0.2) is 18.2 Å². The Kier molecular flexibility index (Phi) is 5.47. The van der Waals surface area contributed by atoms with E-state index in [-0.39, 0.29) is 10.7 Å². The van der Waals surface area contributed by atoms with Gasteiger partial charge in [-0.05, 0) is 30.5 Å². The maximum Gasteiger partial charge on any atom is 0.252 e. The SMILES string of the molecule is Cc1ccc(C(=O)NCC(Br)C(C)C)c(Cl)c1. The molecule has 4 heteroatoms. The fourth-order valence-corrected chi connectivity index (χ4v) is 1.81. The van der Waals surface area contributed by atoms with E-state index in [1.807, 2.05) is 13.0 Å². The molecular weight excluding hydrogens is 302 g/mol. The number of benzene rings is 1. The highest BCUT2D eigenvalue weighted by Crippen LogP contribution is 2.17. The summed E-state index contributed by atoms with van der Waals surface area (Å²) < 4.78 is 0. The van der Waals surface area contributed by atoms with Crippen LogP contribution in [0.25, 0.3) is 0 Å². The van der Waals surface area contributed by atoms with Crippen molar-refractivity contribution in [2.24, 2.45) is 5.92 Å². The number of halogens is 2. The summed E-state index contributed by atoms with van der Waals surface area (Å²) >= 11 is 9.56. The van der Waals surface area contributed by atoms with Crippen LogP contribution in [0.5, 0.6) is 0 Å². The average molecular weight is 319 g/mol. The van der Waals surface area contributed by atoms with E-state index < -0.39 is 0 Å². The van der Waals surface area contributed by atoms with Gasteiger partial charge in [-0.3, -0.25) is 4.79 Å². The first kappa shape index (κ1) is 14.5. The molecule has 1 N–H and O–H groups in total. The number of hydrogen-bond donors (Lipinski definition) is 1. The Morgan fingerprint density at radius 3 is 2.65 bits per heavy atom. The van der Waals surface area contributed by atoms with Gasteiger partial charge in [0.1, 0.15) is 0 Å². The summed E-state index contributed by atoms with van der Waals surface area (Å²) in [5.41, 5.74) is 1.58. The van der Waals surface area contributed by atoms with Crippen LogP contribution >= 0.6 is 27.5 Å². The summed E-state index contributed by atoms with van der Waals surface area (Å²) in [4.78, 5) is 12.2. The van der Waals surface area contributed by atoms with Crippen LogP contribution in [-0.4, -0.2) is 17.3 Å². The fraction of sp³-hybridized carbons (Fsp3) is 0.462. The molecule has 0 aliphatic heterocycles. The minimum atomic E-state index is -0.125. The van der Waals surface area contributed by atoms with Gasteiger partial charge in [0.05, 0.1) is 10.6 Å². The first-order chi connectivity index (χ1) is 7.91. The molecule has 0 radical (unpaired) electrons. The fourth-order valence-electron chi connectivity index (χ4n) is 1.33. The lowest BCUT2D eigenvalue weighted by atomic mass is 10.1. The van der Waals surface area contributed by atoms with Crippen molar-refractivity contribution >= 4 is 33.4 Å². The van der Waals surface area contributed by atoms with E-state index in [1.54, 1.807) is 12.1 Å². The standard InChI is InChI=1S/C13H17BrClNO/c1-8(2)11(14)7-16-13(17)10-5-4-9(3)6-12(10)15/h4-6,8,11H,7H2,1-3H3,(H,16,17). The number of amides is 1. The molecular formula is C13H17BrClNO. The molecule has 0 saturated heterocycles. The first-order valence-corrected chi connectivity index (χ1v) is 6.89. The van der Waals surface area contributed by atoms with Crippen molar-refractivity contribution in [3.63, 3.8) is 0 Å². The highest BCUT2D eigenvalue weighted by molar-refractivity contribution is 9.09. The number of nitrogens with one attached hydrogen (secondary N) is 1. The number of rotatable bonds is 4. The van der Waals surface area contributed by atoms with Crippen molar-refractivity contribution in [3.05, 3.63) is 34.3 Å². The summed E-state index contributed by atoms with van der Waals surface area (Å²) in [7, 11) is 0. The van der Waals surface area contributed by atoms with Crippen LogP contribution in [0.1, 0.15) is 29.8 Å². The zero-order valence-corrected chi connectivity index (χ0v) is 12.6. The molecule has 0 heterocycles. The predicted octanol–water partition coefficient (Wildman–Crippen LogP) is 3.80. The second-order valence-corrected chi connectivity index (χ2v) is 6.04. The predicted molar refractivity (Wildman–Crippen MR) is 76.1 cm³/mol. The highest BCUT2D eigenvalue weighted by Gasteiger charge is 2.13. The molecule has 0 fully saturated rings. The Balaban J connectivity index is 2.64. The zero-order chi connectivity index (χ0) is 13.0. The molecule has 0 bridgehead atoms. The lowest BCUT2D eigenvalue weighted by Crippen LogP contribution is -2.31. The van der Waals surface area contributed by atoms with Crippen molar-refractivity contribution in [1.82, 2.24) is 5.32 Å². The zero-order valence-electron chi connectivity index (χ0n) is 10.3. The molecule has 1 amide bonds. The molecule has 1 atom stereocenters. The third kappa shape index (κ3) is 4.32. The average Bonchev–Trinajstić information content (AvgIpc) is 2.25. The molecule has 2 nitrogen and oxygen atoms in total. The van der Waals surface area contributed by atoms with Gasteiger partial charge in [-0.25, -0.2) is 0 Å². The van der Waals surface area contributed by atoms with E-state index in [4.69, 9.17) is 11.6 Å². The molecule has 1 aromatic rings. The van der Waals surface area contributed by atoms with Crippen molar-refractivity contribution in [1.29, 1.82) is 0 Å². The Morgan fingerprint density at radius 1 is 1.47 bits per heavy atom. The molecule has 0 aliphatic rings. The number of aryl methyl sites for hydroxylation is 1. The number of alkyl halides is 1. The quantitative estimate of drug-likeness (QED) is 0.841. The Bertz CT molecular complexity index is 406. The minimum absolute atomic E-state index is 0.125. The van der Waals surface area contributed by atoms with Crippen LogP contribution in [-0.2, 0) is 0 Å². The summed E-state index contributed by atoms with van der Waals surface area (Å²) in [5.74, 6) is 0.351. The molecule has 1 rings (SSSR count). The smallest absolute Gasteiger partial charge is 0.252 e. The molecule has 17 heavy (non-hydrogen) atoms. The normalized spacial score (nSPS) is 12.6. The summed E-state index contributed by atoms with van der Waals surface area (Å²) in [5, 5.41) is 3.37. The van der Waals surface area contributed by atoms with Gasteiger partial charge in [-0.1, -0.05) is 47.4 Å². The monoisotopic (exact) mass is 317 g/mol. The van der Waals surface area contributed by atoms with Gasteiger partial charge < -0.3 is 5.32 Å². The summed E-state index contributed by atoms with van der Waals surface area (Å²) in [6.45, 7) is 6.75. The third-order valence-corrected chi connectivity index (χ3v) is 4.24. The molecule has 0 aliphatic carbocycles. The van der Waals surface area contributed by atoms with Gasteiger partial charge in [-0.15, -0.1) is 0 Å². The van der Waals surface area contributed by atoms with Gasteiger partial charge >= 0.3 is 0 Å². The van der Waals surface area contributed by atoms with Crippen LogP contribution in [0.3, 0.4) is 0 Å². The van der Waals surface area contributed by atoms with Crippen molar-refractivity contribution < 1.29 is 4.79 Å². The maximum absolute atomic E-state index is 11.9. The van der Waals surface area contributed by atoms with E-state index in [1.165, 1.54) is 0 Å². The van der Waals surface area contributed by atoms with Crippen LogP contribution in [0, 0.1) is 12.8 Å². The summed E-state index contributed by atoms with van der Waals surface area (Å²) in [6.07, 6.45) is 0. The second kappa shape index (κ2) is 6.41. The van der Waals surface area contributed by atoms with E-state index in [9.17, 15) is 4.79 Å². The lowest BCUT2D eigenvalue weighted by Gasteiger charge is -2.14. The third-order valence-electron chi connectivity index (χ3n) is 2.55. The molecule has 0 spiro atoms. The number of hydrogen-bond acceptors (Lipinski definition) is 1. The Labute approximate surface area is 116 Å².